The number of hydrogen-bond donors (Lipinski definition) is 1. The minimum absolute atomic E-state index is 0.117. The van der Waals surface area contributed by atoms with Gasteiger partial charge in [0.05, 0.1) is 13.0 Å². The minimum Gasteiger partial charge on any atom is -0.493 e. The first kappa shape index (κ1) is 17.8. The molecule has 0 saturated carbocycles. The van der Waals surface area contributed by atoms with Gasteiger partial charge < -0.3 is 14.5 Å². The third-order valence-electron chi connectivity index (χ3n) is 4.28. The molecule has 5 nitrogen and oxygen atoms in total. The molecule has 0 aliphatic carbocycles. The lowest BCUT2D eigenvalue weighted by molar-refractivity contribution is -0.116. The molecule has 1 amide bonds. The zero-order chi connectivity index (χ0) is 19.3. The molecule has 5 heteroatoms. The molecule has 1 N–H and O–H groups in total. The highest BCUT2D eigenvalue weighted by atomic mass is 16.5. The van der Waals surface area contributed by atoms with Crippen molar-refractivity contribution in [1.82, 2.24) is 4.98 Å². The van der Waals surface area contributed by atoms with Crippen LogP contribution < -0.4 is 10.1 Å². The van der Waals surface area contributed by atoms with Crippen molar-refractivity contribution >= 4 is 22.7 Å². The fraction of sp³-hybridized carbons (Fsp3) is 0.130. The first-order chi connectivity index (χ1) is 13.7. The summed E-state index contributed by atoms with van der Waals surface area (Å²) in [6.45, 7) is 2.35. The van der Waals surface area contributed by atoms with Gasteiger partial charge >= 0.3 is 0 Å². The molecule has 0 saturated heterocycles. The van der Waals surface area contributed by atoms with E-state index in [1.54, 1.807) is 6.07 Å². The highest BCUT2D eigenvalue weighted by Crippen LogP contribution is 2.26. The maximum atomic E-state index is 12.2. The molecule has 3 aromatic carbocycles. The van der Waals surface area contributed by atoms with Crippen LogP contribution in [-0.4, -0.2) is 17.5 Å². The molecule has 1 heterocycles. The number of para-hydroxylation sites is 1. The van der Waals surface area contributed by atoms with Crippen LogP contribution in [0, 0.1) is 6.92 Å². The van der Waals surface area contributed by atoms with Crippen molar-refractivity contribution < 1.29 is 13.9 Å². The van der Waals surface area contributed by atoms with Crippen LogP contribution in [0.25, 0.3) is 22.6 Å². The number of carbonyl (C=O) groups is 1. The van der Waals surface area contributed by atoms with Crippen molar-refractivity contribution in [2.24, 2.45) is 0 Å². The molecule has 1 aromatic heterocycles. The lowest BCUT2D eigenvalue weighted by Crippen LogP contribution is -2.15. The van der Waals surface area contributed by atoms with Crippen LogP contribution in [-0.2, 0) is 4.79 Å². The number of hydrogen-bond acceptors (Lipinski definition) is 4. The van der Waals surface area contributed by atoms with Crippen LogP contribution in [0.4, 0.5) is 5.69 Å². The molecule has 0 atom stereocenters. The number of fused-ring (bicyclic) bond motifs is 1. The highest BCUT2D eigenvalue weighted by Gasteiger charge is 2.10. The maximum absolute atomic E-state index is 12.2. The monoisotopic (exact) mass is 372 g/mol. The van der Waals surface area contributed by atoms with Gasteiger partial charge in [0.2, 0.25) is 11.8 Å². The van der Waals surface area contributed by atoms with Gasteiger partial charge in [-0.2, -0.15) is 0 Å². The molecule has 0 spiro atoms. The van der Waals surface area contributed by atoms with Crippen molar-refractivity contribution in [3.63, 3.8) is 0 Å². The summed E-state index contributed by atoms with van der Waals surface area (Å²) in [4.78, 5) is 16.7. The van der Waals surface area contributed by atoms with Crippen molar-refractivity contribution in [3.8, 4) is 17.2 Å². The van der Waals surface area contributed by atoms with Gasteiger partial charge in [-0.15, -0.1) is 0 Å². The highest BCUT2D eigenvalue weighted by molar-refractivity contribution is 5.93. The number of benzene rings is 3. The van der Waals surface area contributed by atoms with Gasteiger partial charge in [0, 0.05) is 17.3 Å². The van der Waals surface area contributed by atoms with E-state index in [0.29, 0.717) is 23.8 Å². The molecule has 4 aromatic rings. The number of ether oxygens (including phenoxy) is 1. The van der Waals surface area contributed by atoms with Crippen LogP contribution in [0.1, 0.15) is 12.0 Å². The zero-order valence-corrected chi connectivity index (χ0v) is 15.5. The normalized spacial score (nSPS) is 10.8. The lowest BCUT2D eigenvalue weighted by Gasteiger charge is -2.07. The lowest BCUT2D eigenvalue weighted by atomic mass is 10.1. The summed E-state index contributed by atoms with van der Waals surface area (Å²) < 4.78 is 11.4. The maximum Gasteiger partial charge on any atom is 0.227 e. The molecule has 0 aliphatic heterocycles. The van der Waals surface area contributed by atoms with E-state index in [-0.39, 0.29) is 12.3 Å². The van der Waals surface area contributed by atoms with E-state index in [1.807, 2.05) is 73.7 Å². The Morgan fingerprint density at radius 2 is 1.89 bits per heavy atom. The fourth-order valence-electron chi connectivity index (χ4n) is 2.91. The first-order valence-corrected chi connectivity index (χ1v) is 9.13. The zero-order valence-electron chi connectivity index (χ0n) is 15.5. The van der Waals surface area contributed by atoms with Gasteiger partial charge in [-0.1, -0.05) is 35.9 Å². The largest absolute Gasteiger partial charge is 0.493 e. The van der Waals surface area contributed by atoms with Gasteiger partial charge in [-0.25, -0.2) is 4.98 Å². The van der Waals surface area contributed by atoms with Gasteiger partial charge in [0.25, 0.3) is 0 Å². The van der Waals surface area contributed by atoms with Crippen LogP contribution in [0.5, 0.6) is 5.75 Å². The Morgan fingerprint density at radius 1 is 1.04 bits per heavy atom. The van der Waals surface area contributed by atoms with E-state index in [4.69, 9.17) is 9.15 Å². The van der Waals surface area contributed by atoms with E-state index in [0.717, 1.165) is 22.4 Å². The van der Waals surface area contributed by atoms with Crippen LogP contribution in [0.15, 0.2) is 77.2 Å². The fourth-order valence-corrected chi connectivity index (χ4v) is 2.91. The number of rotatable bonds is 6. The van der Waals surface area contributed by atoms with Crippen molar-refractivity contribution in [2.75, 3.05) is 11.9 Å². The van der Waals surface area contributed by atoms with Crippen LogP contribution >= 0.6 is 0 Å². The summed E-state index contributed by atoms with van der Waals surface area (Å²) in [5.41, 5.74) is 4.13. The van der Waals surface area contributed by atoms with E-state index in [2.05, 4.69) is 10.3 Å². The number of aromatic nitrogens is 1. The van der Waals surface area contributed by atoms with E-state index < -0.39 is 0 Å². The average molecular weight is 372 g/mol. The molecular formula is C23H20N2O3. The number of nitrogens with zero attached hydrogens (tertiary/aromatic N) is 1. The number of aryl methyl sites for hydroxylation is 1. The van der Waals surface area contributed by atoms with E-state index in [1.165, 1.54) is 0 Å². The Morgan fingerprint density at radius 3 is 2.71 bits per heavy atom. The number of anilines is 1. The first-order valence-electron chi connectivity index (χ1n) is 9.13. The van der Waals surface area contributed by atoms with Crippen LogP contribution in [0.2, 0.25) is 0 Å². The van der Waals surface area contributed by atoms with E-state index >= 15 is 0 Å². The Hall–Kier alpha value is -3.60. The molecule has 4 rings (SSSR count). The average Bonchev–Trinajstić information content (AvgIpc) is 3.12. The summed E-state index contributed by atoms with van der Waals surface area (Å²) in [6, 6.07) is 22.9. The Labute approximate surface area is 163 Å². The Kier molecular flexibility index (Phi) is 5.06. The summed E-state index contributed by atoms with van der Waals surface area (Å²) >= 11 is 0. The Balaban J connectivity index is 1.40. The summed E-state index contributed by atoms with van der Waals surface area (Å²) in [6.07, 6.45) is 0.262. The summed E-state index contributed by atoms with van der Waals surface area (Å²) in [5, 5.41) is 2.87. The second kappa shape index (κ2) is 7.96. The van der Waals surface area contributed by atoms with Crippen molar-refractivity contribution in [1.29, 1.82) is 0 Å². The van der Waals surface area contributed by atoms with Gasteiger partial charge in [0.15, 0.2) is 5.58 Å². The molecule has 0 bridgehead atoms. The quantitative estimate of drug-likeness (QED) is 0.504. The third kappa shape index (κ3) is 4.20. The molecule has 28 heavy (non-hydrogen) atoms. The third-order valence-corrected chi connectivity index (χ3v) is 4.28. The second-order valence-electron chi connectivity index (χ2n) is 6.53. The molecule has 0 radical (unpaired) electrons. The predicted octanol–water partition coefficient (Wildman–Crippen LogP) is 5.21. The number of nitrogens with one attached hydrogen (secondary N) is 1. The van der Waals surface area contributed by atoms with Gasteiger partial charge in [-0.3, -0.25) is 4.79 Å². The van der Waals surface area contributed by atoms with Crippen molar-refractivity contribution in [3.05, 3.63) is 78.4 Å². The summed E-state index contributed by atoms with van der Waals surface area (Å²) in [7, 11) is 0. The standard InChI is InChI=1S/C23H20N2O3/c1-16-6-5-7-17(14-16)23-25-20-11-10-18(15-21(20)28-23)24-22(26)12-13-27-19-8-3-2-4-9-19/h2-11,14-15H,12-13H2,1H3,(H,24,26). The topological polar surface area (TPSA) is 64.4 Å². The Bertz CT molecular complexity index is 1100. The smallest absolute Gasteiger partial charge is 0.227 e. The number of carbonyl (C=O) groups excluding carboxylic acids is 1. The van der Waals surface area contributed by atoms with Crippen LogP contribution in [0.3, 0.4) is 0 Å². The molecule has 0 unspecified atom stereocenters. The summed E-state index contributed by atoms with van der Waals surface area (Å²) in [5.74, 6) is 1.20. The molecule has 140 valence electrons. The molecule has 0 aliphatic rings. The molecule has 0 fully saturated rings. The predicted molar refractivity (Wildman–Crippen MR) is 109 cm³/mol. The second-order valence-corrected chi connectivity index (χ2v) is 6.53. The number of amides is 1. The van der Waals surface area contributed by atoms with E-state index in [9.17, 15) is 4.79 Å². The number of oxazole rings is 1. The van der Waals surface area contributed by atoms with Gasteiger partial charge in [0.1, 0.15) is 11.3 Å². The molecular weight excluding hydrogens is 352 g/mol. The minimum atomic E-state index is -0.117. The van der Waals surface area contributed by atoms with Gasteiger partial charge in [-0.05, 0) is 43.3 Å². The van der Waals surface area contributed by atoms with Crippen molar-refractivity contribution in [2.45, 2.75) is 13.3 Å². The SMILES string of the molecule is Cc1cccc(-c2nc3ccc(NC(=O)CCOc4ccccc4)cc3o2)c1.